The Labute approximate surface area is 183 Å². The van der Waals surface area contributed by atoms with Crippen LogP contribution in [0.15, 0.2) is 54.1 Å². The molecule has 1 saturated heterocycles. The molecule has 5 rings (SSSR count). The van der Waals surface area contributed by atoms with E-state index in [0.717, 1.165) is 27.6 Å². The zero-order chi connectivity index (χ0) is 21.7. The molecule has 8 heteroatoms. The number of carbonyl (C=O) groups is 1. The Morgan fingerprint density at radius 1 is 1.32 bits per heavy atom. The van der Waals surface area contributed by atoms with Crippen molar-refractivity contribution in [3.05, 3.63) is 70.3 Å². The number of nitrogens with zero attached hydrogens (tertiary/aromatic N) is 4. The van der Waals surface area contributed by atoms with Gasteiger partial charge in [-0.25, -0.2) is 4.98 Å². The summed E-state index contributed by atoms with van der Waals surface area (Å²) >= 11 is 6.73. The van der Waals surface area contributed by atoms with Crippen molar-refractivity contribution in [3.63, 3.8) is 0 Å². The molecular formula is C23H20ClN5O2. The van der Waals surface area contributed by atoms with Crippen molar-refractivity contribution in [2.75, 3.05) is 13.1 Å². The summed E-state index contributed by atoms with van der Waals surface area (Å²) in [7, 11) is 0. The number of hydrogen-bond donors (Lipinski definition) is 1. The second-order valence-corrected chi connectivity index (χ2v) is 8.34. The molecule has 0 atom stereocenters. The fourth-order valence-corrected chi connectivity index (χ4v) is 4.55. The molecule has 0 aliphatic carbocycles. The Bertz CT molecular complexity index is 1420. The average molecular weight is 434 g/mol. The molecular weight excluding hydrogens is 414 g/mol. The molecule has 1 N–H and O–H groups in total. The summed E-state index contributed by atoms with van der Waals surface area (Å²) in [4.78, 5) is 30.4. The van der Waals surface area contributed by atoms with Crippen LogP contribution in [0.5, 0.6) is 0 Å². The van der Waals surface area contributed by atoms with E-state index in [0.29, 0.717) is 35.7 Å². The lowest BCUT2D eigenvalue weighted by Gasteiger charge is -2.39. The minimum atomic E-state index is -0.182. The minimum absolute atomic E-state index is 0.0836. The number of rotatable bonds is 4. The minimum Gasteiger partial charge on any atom is -0.338 e. The molecule has 1 fully saturated rings. The smallest absolute Gasteiger partial charge is 0.269 e. The van der Waals surface area contributed by atoms with E-state index in [4.69, 9.17) is 11.6 Å². The van der Waals surface area contributed by atoms with Gasteiger partial charge in [-0.15, -0.1) is 0 Å². The van der Waals surface area contributed by atoms with E-state index >= 15 is 0 Å². The number of likely N-dealkylation sites (tertiary alicyclic amines) is 1. The van der Waals surface area contributed by atoms with Gasteiger partial charge in [-0.05, 0) is 42.3 Å². The lowest BCUT2D eigenvalue weighted by molar-refractivity contribution is -0.132. The Balaban J connectivity index is 1.57. The first-order chi connectivity index (χ1) is 15.0. The van der Waals surface area contributed by atoms with Crippen LogP contribution in [0.4, 0.5) is 0 Å². The van der Waals surface area contributed by atoms with Gasteiger partial charge in [-0.1, -0.05) is 24.2 Å². The zero-order valence-corrected chi connectivity index (χ0v) is 17.7. The topological polar surface area (TPSA) is 83.9 Å². The highest BCUT2D eigenvalue weighted by Crippen LogP contribution is 2.37. The maximum Gasteiger partial charge on any atom is 0.269 e. The fraction of sp³-hybridized carbons (Fsp3) is 0.217. The monoisotopic (exact) mass is 433 g/mol. The van der Waals surface area contributed by atoms with Gasteiger partial charge in [0.1, 0.15) is 0 Å². The summed E-state index contributed by atoms with van der Waals surface area (Å²) < 4.78 is 1.70. The number of carbonyl (C=O) groups excluding carboxylic acids is 1. The third kappa shape index (κ3) is 3.21. The molecule has 7 nitrogen and oxygen atoms in total. The standard InChI is InChI=1S/C23H20ClN5O2/c1-3-21(30)28-10-14(11-28)12-29-20-7-17(24)15(6-19(20)25-9-22(29)31)23-13(2)4-5-18-16(23)8-26-27-18/h3-9,14H,1,10-12H2,2H3,(H,26,27). The van der Waals surface area contributed by atoms with Gasteiger partial charge in [-0.3, -0.25) is 14.7 Å². The molecule has 0 radical (unpaired) electrons. The Hall–Kier alpha value is -3.45. The van der Waals surface area contributed by atoms with E-state index in [1.54, 1.807) is 15.7 Å². The van der Waals surface area contributed by atoms with Crippen LogP contribution in [-0.4, -0.2) is 43.6 Å². The van der Waals surface area contributed by atoms with Crippen molar-refractivity contribution in [2.45, 2.75) is 13.5 Å². The third-order valence-electron chi connectivity index (χ3n) is 5.92. The molecule has 0 saturated carbocycles. The lowest BCUT2D eigenvalue weighted by Crippen LogP contribution is -2.51. The van der Waals surface area contributed by atoms with Crippen LogP contribution in [-0.2, 0) is 11.3 Å². The molecule has 4 aromatic rings. The molecule has 0 spiro atoms. The predicted molar refractivity (Wildman–Crippen MR) is 121 cm³/mol. The van der Waals surface area contributed by atoms with Gasteiger partial charge in [-0.2, -0.15) is 5.10 Å². The van der Waals surface area contributed by atoms with Crippen LogP contribution >= 0.6 is 11.6 Å². The number of benzene rings is 2. The number of amides is 1. The highest BCUT2D eigenvalue weighted by molar-refractivity contribution is 6.34. The van der Waals surface area contributed by atoms with Crippen LogP contribution in [0.25, 0.3) is 33.1 Å². The van der Waals surface area contributed by atoms with E-state index in [9.17, 15) is 9.59 Å². The van der Waals surface area contributed by atoms with Gasteiger partial charge in [0.2, 0.25) is 5.91 Å². The average Bonchev–Trinajstić information content (AvgIpc) is 3.20. The van der Waals surface area contributed by atoms with Crippen LogP contribution in [0.2, 0.25) is 5.02 Å². The Kier molecular flexibility index (Phi) is 4.63. The molecule has 0 bridgehead atoms. The van der Waals surface area contributed by atoms with Gasteiger partial charge < -0.3 is 9.47 Å². The van der Waals surface area contributed by atoms with Crippen LogP contribution in [0, 0.1) is 12.8 Å². The van der Waals surface area contributed by atoms with Gasteiger partial charge in [0, 0.05) is 36.5 Å². The number of aromatic amines is 1. The fourth-order valence-electron chi connectivity index (χ4n) is 4.30. The quantitative estimate of drug-likeness (QED) is 0.499. The summed E-state index contributed by atoms with van der Waals surface area (Å²) in [5.41, 5.74) is 5.04. The molecule has 3 heterocycles. The van der Waals surface area contributed by atoms with Crippen molar-refractivity contribution in [1.29, 1.82) is 0 Å². The van der Waals surface area contributed by atoms with Gasteiger partial charge in [0.15, 0.2) is 0 Å². The van der Waals surface area contributed by atoms with Crippen molar-refractivity contribution in [1.82, 2.24) is 24.6 Å². The summed E-state index contributed by atoms with van der Waals surface area (Å²) in [6.07, 6.45) is 4.45. The summed E-state index contributed by atoms with van der Waals surface area (Å²) in [6.45, 7) is 7.26. The number of hydrogen-bond acceptors (Lipinski definition) is 4. The number of halogens is 1. The number of aryl methyl sites for hydroxylation is 1. The van der Waals surface area contributed by atoms with Crippen molar-refractivity contribution < 1.29 is 4.79 Å². The Morgan fingerprint density at radius 3 is 2.90 bits per heavy atom. The van der Waals surface area contributed by atoms with E-state index in [1.165, 1.54) is 12.3 Å². The SMILES string of the molecule is C=CC(=O)N1CC(Cn2c(=O)cnc3cc(-c4c(C)ccc5[nH]ncc45)c(Cl)cc32)C1. The molecule has 1 aliphatic heterocycles. The van der Waals surface area contributed by atoms with E-state index in [-0.39, 0.29) is 17.4 Å². The van der Waals surface area contributed by atoms with Crippen molar-refractivity contribution in [2.24, 2.45) is 5.92 Å². The maximum atomic E-state index is 12.6. The molecule has 1 amide bonds. The number of H-pyrrole nitrogens is 1. The van der Waals surface area contributed by atoms with Gasteiger partial charge in [0.05, 0.1) is 34.0 Å². The lowest BCUT2D eigenvalue weighted by atomic mass is 9.96. The van der Waals surface area contributed by atoms with Crippen LogP contribution in [0.1, 0.15) is 5.56 Å². The molecule has 2 aromatic heterocycles. The van der Waals surface area contributed by atoms with E-state index in [1.807, 2.05) is 31.2 Å². The zero-order valence-electron chi connectivity index (χ0n) is 16.9. The van der Waals surface area contributed by atoms with Gasteiger partial charge >= 0.3 is 0 Å². The third-order valence-corrected chi connectivity index (χ3v) is 6.23. The highest BCUT2D eigenvalue weighted by atomic mass is 35.5. The highest BCUT2D eigenvalue weighted by Gasteiger charge is 2.30. The Morgan fingerprint density at radius 2 is 2.13 bits per heavy atom. The summed E-state index contributed by atoms with van der Waals surface area (Å²) in [6, 6.07) is 7.75. The second-order valence-electron chi connectivity index (χ2n) is 7.93. The number of fused-ring (bicyclic) bond motifs is 2. The molecule has 156 valence electrons. The molecule has 0 unspecified atom stereocenters. The van der Waals surface area contributed by atoms with Crippen LogP contribution in [0.3, 0.4) is 0 Å². The summed E-state index contributed by atoms with van der Waals surface area (Å²) in [5, 5.41) is 8.67. The first-order valence-corrected chi connectivity index (χ1v) is 10.4. The van der Waals surface area contributed by atoms with Crippen molar-refractivity contribution >= 4 is 39.4 Å². The van der Waals surface area contributed by atoms with Gasteiger partial charge in [0.25, 0.3) is 5.56 Å². The number of aromatic nitrogens is 4. The number of nitrogens with one attached hydrogen (secondary N) is 1. The summed E-state index contributed by atoms with van der Waals surface area (Å²) in [5.74, 6) is 0.118. The first-order valence-electron chi connectivity index (χ1n) is 9.99. The normalized spacial score (nSPS) is 14.2. The van der Waals surface area contributed by atoms with E-state index < -0.39 is 0 Å². The molecule has 1 aliphatic rings. The van der Waals surface area contributed by atoms with Crippen molar-refractivity contribution in [3.8, 4) is 11.1 Å². The molecule has 31 heavy (non-hydrogen) atoms. The van der Waals surface area contributed by atoms with E-state index in [2.05, 4.69) is 21.8 Å². The van der Waals surface area contributed by atoms with Crippen LogP contribution < -0.4 is 5.56 Å². The largest absolute Gasteiger partial charge is 0.338 e. The maximum absolute atomic E-state index is 12.6. The molecule has 2 aromatic carbocycles. The second kappa shape index (κ2) is 7.35. The predicted octanol–water partition coefficient (Wildman–Crippen LogP) is 3.55. The first kappa shape index (κ1) is 19.5.